The summed E-state index contributed by atoms with van der Waals surface area (Å²) in [6.45, 7) is 2.30. The van der Waals surface area contributed by atoms with Gasteiger partial charge in [-0.1, -0.05) is 30.3 Å². The average molecular weight is 427 g/mol. The summed E-state index contributed by atoms with van der Waals surface area (Å²) >= 11 is 0. The molecule has 0 atom stereocenters. The molecule has 0 saturated heterocycles. The fourth-order valence-electron chi connectivity index (χ4n) is 3.94. The molecule has 7 heteroatoms. The van der Waals surface area contributed by atoms with E-state index in [1.807, 2.05) is 43.3 Å². The van der Waals surface area contributed by atoms with Crippen LogP contribution in [-0.4, -0.2) is 22.4 Å². The zero-order valence-electron chi connectivity index (χ0n) is 17.5. The Morgan fingerprint density at radius 2 is 1.97 bits per heavy atom. The molecule has 0 radical (unpaired) electrons. The van der Waals surface area contributed by atoms with Crippen LogP contribution in [0, 0.1) is 6.92 Å². The number of fused-ring (bicyclic) bond motifs is 2. The summed E-state index contributed by atoms with van der Waals surface area (Å²) in [6.07, 6.45) is 5.62. The van der Waals surface area contributed by atoms with Gasteiger partial charge in [0.25, 0.3) is 0 Å². The van der Waals surface area contributed by atoms with Crippen molar-refractivity contribution in [3.05, 3.63) is 88.5 Å². The fraction of sp³-hybridized carbons (Fsp3) is 0.160. The van der Waals surface area contributed by atoms with Gasteiger partial charge in [0.15, 0.2) is 0 Å². The summed E-state index contributed by atoms with van der Waals surface area (Å²) in [6, 6.07) is 13.7. The van der Waals surface area contributed by atoms with Crippen LogP contribution in [-0.2, 0) is 17.6 Å². The fourth-order valence-corrected chi connectivity index (χ4v) is 3.94. The van der Waals surface area contributed by atoms with Gasteiger partial charge in [-0.15, -0.1) is 0 Å². The predicted molar refractivity (Wildman–Crippen MR) is 121 cm³/mol. The van der Waals surface area contributed by atoms with E-state index in [-0.39, 0.29) is 12.3 Å². The van der Waals surface area contributed by atoms with Crippen LogP contribution >= 0.6 is 0 Å². The second kappa shape index (κ2) is 8.19. The van der Waals surface area contributed by atoms with Gasteiger partial charge in [-0.3, -0.25) is 4.79 Å². The Morgan fingerprint density at radius 3 is 2.75 bits per heavy atom. The highest BCUT2D eigenvalue weighted by atomic mass is 16.4. The molecule has 2 aromatic carbocycles. The lowest BCUT2D eigenvalue weighted by molar-refractivity contribution is -0.120. The number of carbonyl (C=O) groups is 1. The number of furan rings is 1. The molecule has 1 amide bonds. The number of nitrogens with one attached hydrogen (secondary N) is 2. The number of hydrogen-bond acceptors (Lipinski definition) is 5. The Morgan fingerprint density at radius 1 is 1.12 bits per heavy atom. The van der Waals surface area contributed by atoms with Gasteiger partial charge in [0.1, 0.15) is 11.2 Å². The van der Waals surface area contributed by atoms with E-state index in [9.17, 15) is 9.59 Å². The molecule has 3 heterocycles. The topological polar surface area (TPSA) is 101 Å². The van der Waals surface area contributed by atoms with E-state index in [2.05, 4.69) is 15.3 Å². The number of aromatic nitrogens is 2. The second-order valence-corrected chi connectivity index (χ2v) is 7.71. The zero-order valence-corrected chi connectivity index (χ0v) is 17.5. The summed E-state index contributed by atoms with van der Waals surface area (Å²) in [7, 11) is 0. The number of H-pyrrole nitrogens is 1. The van der Waals surface area contributed by atoms with Crippen molar-refractivity contribution in [1.82, 2.24) is 15.3 Å². The maximum Gasteiger partial charge on any atom is 0.340 e. The van der Waals surface area contributed by atoms with E-state index in [0.29, 0.717) is 29.7 Å². The second-order valence-electron chi connectivity index (χ2n) is 7.71. The van der Waals surface area contributed by atoms with Gasteiger partial charge in [-0.05, 0) is 24.1 Å². The van der Waals surface area contributed by atoms with Crippen LogP contribution in [0.25, 0.3) is 33.1 Å². The van der Waals surface area contributed by atoms with Crippen LogP contribution in [0.15, 0.2) is 74.9 Å². The molecule has 7 nitrogen and oxygen atoms in total. The molecule has 0 saturated carbocycles. The highest BCUT2D eigenvalue weighted by Gasteiger charge is 2.17. The molecule has 0 bridgehead atoms. The molecule has 0 aliphatic carbocycles. The molecule has 5 rings (SSSR count). The van der Waals surface area contributed by atoms with Crippen molar-refractivity contribution in [3.63, 3.8) is 0 Å². The third-order valence-electron chi connectivity index (χ3n) is 5.67. The molecule has 0 spiro atoms. The van der Waals surface area contributed by atoms with Gasteiger partial charge in [0.05, 0.1) is 24.6 Å². The van der Waals surface area contributed by atoms with Crippen LogP contribution in [0.1, 0.15) is 16.8 Å². The number of benzene rings is 2. The van der Waals surface area contributed by atoms with E-state index in [4.69, 9.17) is 8.83 Å². The minimum Gasteiger partial charge on any atom is -0.464 e. The molecule has 160 valence electrons. The van der Waals surface area contributed by atoms with Gasteiger partial charge in [0.2, 0.25) is 5.91 Å². The first kappa shape index (κ1) is 19.8. The summed E-state index contributed by atoms with van der Waals surface area (Å²) in [5.74, 6) is -0.228. The van der Waals surface area contributed by atoms with Gasteiger partial charge in [-0.25, -0.2) is 9.78 Å². The number of rotatable bonds is 6. The Balaban J connectivity index is 1.46. The number of imidazole rings is 1. The molecule has 2 N–H and O–H groups in total. The maximum atomic E-state index is 12.6. The standard InChI is InChI=1S/C25H21N3O4/c1-15-18-9-20-21(16-5-3-2-4-6-16)13-31-22(20)11-23(18)32-25(30)19(15)10-24(29)27-8-7-17-12-26-14-28-17/h2-6,9,11-14H,7-8,10H2,1H3,(H,26,28)(H,27,29). The summed E-state index contributed by atoms with van der Waals surface area (Å²) in [5, 5.41) is 4.56. The molecule has 32 heavy (non-hydrogen) atoms. The average Bonchev–Trinajstić information content (AvgIpc) is 3.46. The molecule has 0 aliphatic heterocycles. The largest absolute Gasteiger partial charge is 0.464 e. The molecular formula is C25H21N3O4. The lowest BCUT2D eigenvalue weighted by Gasteiger charge is -2.09. The van der Waals surface area contributed by atoms with E-state index in [1.165, 1.54) is 0 Å². The summed E-state index contributed by atoms with van der Waals surface area (Å²) in [4.78, 5) is 32.0. The quantitative estimate of drug-likeness (QED) is 0.397. The number of carbonyl (C=O) groups excluding carboxylic acids is 1. The highest BCUT2D eigenvalue weighted by Crippen LogP contribution is 2.34. The monoisotopic (exact) mass is 427 g/mol. The van der Waals surface area contributed by atoms with E-state index in [1.54, 1.807) is 24.9 Å². The lowest BCUT2D eigenvalue weighted by Crippen LogP contribution is -2.29. The van der Waals surface area contributed by atoms with Crippen LogP contribution in [0.5, 0.6) is 0 Å². The van der Waals surface area contributed by atoms with Crippen molar-refractivity contribution in [1.29, 1.82) is 0 Å². The molecule has 0 unspecified atom stereocenters. The summed E-state index contributed by atoms with van der Waals surface area (Å²) < 4.78 is 11.3. The van der Waals surface area contributed by atoms with Gasteiger partial charge >= 0.3 is 5.63 Å². The van der Waals surface area contributed by atoms with Gasteiger partial charge < -0.3 is 19.1 Å². The predicted octanol–water partition coefficient (Wildman–Crippen LogP) is 4.14. The molecular weight excluding hydrogens is 406 g/mol. The van der Waals surface area contributed by atoms with Crippen LogP contribution in [0.3, 0.4) is 0 Å². The van der Waals surface area contributed by atoms with Crippen molar-refractivity contribution in [2.45, 2.75) is 19.8 Å². The van der Waals surface area contributed by atoms with E-state index >= 15 is 0 Å². The smallest absolute Gasteiger partial charge is 0.340 e. The molecule has 5 aromatic rings. The molecule has 0 aliphatic rings. The van der Waals surface area contributed by atoms with Gasteiger partial charge in [0, 0.05) is 47.3 Å². The number of aryl methyl sites for hydroxylation is 1. The van der Waals surface area contributed by atoms with Crippen molar-refractivity contribution in [2.75, 3.05) is 6.54 Å². The Kier molecular flexibility index (Phi) is 5.07. The van der Waals surface area contributed by atoms with Gasteiger partial charge in [-0.2, -0.15) is 0 Å². The normalized spacial score (nSPS) is 11.3. The highest BCUT2D eigenvalue weighted by molar-refractivity contribution is 6.02. The van der Waals surface area contributed by atoms with Crippen LogP contribution in [0.2, 0.25) is 0 Å². The van der Waals surface area contributed by atoms with Crippen LogP contribution in [0.4, 0.5) is 0 Å². The SMILES string of the molecule is Cc1c(CC(=O)NCCc2cnc[nH]2)c(=O)oc2cc3occ(-c4ccccc4)c3cc12. The zero-order chi connectivity index (χ0) is 22.1. The summed E-state index contributed by atoms with van der Waals surface area (Å²) in [5.41, 5.74) is 4.62. The number of nitrogens with zero attached hydrogens (tertiary/aromatic N) is 1. The van der Waals surface area contributed by atoms with Crippen molar-refractivity contribution >= 4 is 27.8 Å². The molecule has 3 aromatic heterocycles. The Hall–Kier alpha value is -4.13. The Labute approximate surface area is 183 Å². The van der Waals surface area contributed by atoms with E-state index < -0.39 is 5.63 Å². The first-order chi connectivity index (χ1) is 15.6. The third kappa shape index (κ3) is 3.69. The van der Waals surface area contributed by atoms with Crippen LogP contribution < -0.4 is 10.9 Å². The third-order valence-corrected chi connectivity index (χ3v) is 5.67. The molecule has 0 fully saturated rings. The minimum atomic E-state index is -0.507. The van der Waals surface area contributed by atoms with Crippen molar-refractivity contribution in [2.24, 2.45) is 0 Å². The van der Waals surface area contributed by atoms with Crippen molar-refractivity contribution < 1.29 is 13.6 Å². The lowest BCUT2D eigenvalue weighted by atomic mass is 9.99. The first-order valence-corrected chi connectivity index (χ1v) is 10.4. The Bertz CT molecular complexity index is 1460. The van der Waals surface area contributed by atoms with E-state index in [0.717, 1.165) is 33.2 Å². The first-order valence-electron chi connectivity index (χ1n) is 10.4. The maximum absolute atomic E-state index is 12.6. The number of amides is 1. The number of hydrogen-bond donors (Lipinski definition) is 2. The minimum absolute atomic E-state index is 0.0396. The number of aromatic amines is 1. The van der Waals surface area contributed by atoms with Crippen molar-refractivity contribution in [3.8, 4) is 11.1 Å².